The van der Waals surface area contributed by atoms with Gasteiger partial charge in [-0.2, -0.15) is 0 Å². The van der Waals surface area contributed by atoms with Gasteiger partial charge in [0.05, 0.1) is 18.8 Å². The van der Waals surface area contributed by atoms with E-state index in [1.54, 1.807) is 0 Å². The predicted octanol–water partition coefficient (Wildman–Crippen LogP) is 5.01. The van der Waals surface area contributed by atoms with Crippen LogP contribution in [0.5, 0.6) is 0 Å². The predicted molar refractivity (Wildman–Crippen MR) is 140 cm³/mol. The van der Waals surface area contributed by atoms with E-state index >= 15 is 0 Å². The van der Waals surface area contributed by atoms with Crippen LogP contribution in [0.4, 0.5) is 0 Å². The molecule has 36 heavy (non-hydrogen) atoms. The van der Waals surface area contributed by atoms with Crippen LogP contribution in [0.25, 0.3) is 5.69 Å². The molecule has 0 aliphatic heterocycles. The fourth-order valence-corrected chi connectivity index (χ4v) is 8.11. The average molecular weight is 511 g/mol. The first kappa shape index (κ1) is 25.3. The standard InChI is InChI=1S/C28H38N4O3S/c1-5-22-9-7-8-17(3)24(22)32-23(30-31-27(32)36-18(4)25(33)35-6-2)16-29-26(34)28-13-19-10-20(14-28)12-21(11-19)15-28/h7-9,18-21H,5-6,10-16H2,1-4H3,(H,29,34). The van der Waals surface area contributed by atoms with Crippen LogP contribution in [0.1, 0.15) is 76.2 Å². The van der Waals surface area contributed by atoms with Crippen LogP contribution in [0.15, 0.2) is 23.4 Å². The number of nitrogens with zero attached hydrogens (tertiary/aromatic N) is 3. The maximum Gasteiger partial charge on any atom is 0.319 e. The quantitative estimate of drug-likeness (QED) is 0.377. The minimum Gasteiger partial charge on any atom is -0.465 e. The SMILES string of the molecule is CCOC(=O)C(C)Sc1nnc(CNC(=O)C23CC4CC(CC(C4)C2)C3)n1-c1c(C)cccc1CC. The van der Waals surface area contributed by atoms with Crippen LogP contribution in [0.2, 0.25) is 0 Å². The van der Waals surface area contributed by atoms with Crippen molar-refractivity contribution in [2.75, 3.05) is 6.61 Å². The number of esters is 1. The second kappa shape index (κ2) is 10.2. The number of benzene rings is 1. The fraction of sp³-hybridized carbons (Fsp3) is 0.643. The van der Waals surface area contributed by atoms with E-state index in [-0.39, 0.29) is 17.3 Å². The van der Waals surface area contributed by atoms with Gasteiger partial charge in [0.1, 0.15) is 5.25 Å². The number of thioether (sulfide) groups is 1. The Morgan fingerprint density at radius 2 is 1.81 bits per heavy atom. The monoisotopic (exact) mass is 510 g/mol. The molecule has 1 aromatic carbocycles. The number of para-hydroxylation sites is 1. The van der Waals surface area contributed by atoms with Crippen molar-refractivity contribution in [1.82, 2.24) is 20.1 Å². The third-order valence-electron chi connectivity index (χ3n) is 8.45. The van der Waals surface area contributed by atoms with Gasteiger partial charge in [0.15, 0.2) is 11.0 Å². The van der Waals surface area contributed by atoms with Crippen LogP contribution in [-0.4, -0.2) is 38.5 Å². The number of nitrogens with one attached hydrogen (secondary N) is 1. The van der Waals surface area contributed by atoms with Crippen molar-refractivity contribution in [1.29, 1.82) is 0 Å². The number of ether oxygens (including phenoxy) is 1. The van der Waals surface area contributed by atoms with E-state index in [1.807, 2.05) is 18.4 Å². The molecule has 1 aromatic heterocycles. The first-order valence-corrected chi connectivity index (χ1v) is 14.4. The number of rotatable bonds is 9. The molecule has 0 saturated heterocycles. The van der Waals surface area contributed by atoms with E-state index in [0.717, 1.165) is 54.7 Å². The smallest absolute Gasteiger partial charge is 0.319 e. The first-order valence-electron chi connectivity index (χ1n) is 13.5. The molecular weight excluding hydrogens is 472 g/mol. The van der Waals surface area contributed by atoms with Gasteiger partial charge in [0, 0.05) is 5.41 Å². The molecule has 1 heterocycles. The molecule has 4 fully saturated rings. The molecule has 6 rings (SSSR count). The number of carbonyl (C=O) groups excluding carboxylic acids is 2. The van der Waals surface area contributed by atoms with Gasteiger partial charge in [-0.15, -0.1) is 10.2 Å². The number of aryl methyl sites for hydroxylation is 2. The molecule has 1 atom stereocenters. The van der Waals surface area contributed by atoms with E-state index < -0.39 is 5.25 Å². The van der Waals surface area contributed by atoms with Crippen molar-refractivity contribution >= 4 is 23.6 Å². The molecule has 1 N–H and O–H groups in total. The first-order chi connectivity index (χ1) is 17.3. The second-order valence-corrected chi connectivity index (χ2v) is 12.4. The highest BCUT2D eigenvalue weighted by Gasteiger charge is 2.54. The Morgan fingerprint density at radius 1 is 1.14 bits per heavy atom. The van der Waals surface area contributed by atoms with Gasteiger partial charge in [0.25, 0.3) is 0 Å². The molecular formula is C28H38N4O3S. The number of aromatic nitrogens is 3. The fourth-order valence-electron chi connectivity index (χ4n) is 7.24. The summed E-state index contributed by atoms with van der Waals surface area (Å²) in [6, 6.07) is 6.25. The van der Waals surface area contributed by atoms with Crippen molar-refractivity contribution in [2.24, 2.45) is 23.2 Å². The molecule has 0 radical (unpaired) electrons. The largest absolute Gasteiger partial charge is 0.465 e. The minimum atomic E-state index is -0.420. The highest BCUT2D eigenvalue weighted by atomic mass is 32.2. The molecule has 4 bridgehead atoms. The van der Waals surface area contributed by atoms with Crippen molar-refractivity contribution in [2.45, 2.75) is 89.6 Å². The van der Waals surface area contributed by atoms with E-state index in [0.29, 0.717) is 24.1 Å². The van der Waals surface area contributed by atoms with Gasteiger partial charge in [-0.1, -0.05) is 36.9 Å². The topological polar surface area (TPSA) is 86.1 Å². The van der Waals surface area contributed by atoms with E-state index in [2.05, 4.69) is 47.6 Å². The summed E-state index contributed by atoms with van der Waals surface area (Å²) in [6.45, 7) is 8.51. The molecule has 1 amide bonds. The summed E-state index contributed by atoms with van der Waals surface area (Å²) in [5.41, 5.74) is 3.11. The molecule has 4 aliphatic rings. The molecule has 0 spiro atoms. The van der Waals surface area contributed by atoms with Crippen LogP contribution in [-0.2, 0) is 27.3 Å². The van der Waals surface area contributed by atoms with Crippen molar-refractivity contribution < 1.29 is 14.3 Å². The zero-order valence-corrected chi connectivity index (χ0v) is 22.7. The minimum absolute atomic E-state index is 0.186. The molecule has 8 heteroatoms. The molecule has 4 saturated carbocycles. The van der Waals surface area contributed by atoms with Gasteiger partial charge < -0.3 is 10.1 Å². The molecule has 194 valence electrons. The summed E-state index contributed by atoms with van der Waals surface area (Å²) in [4.78, 5) is 26.0. The Kier molecular flexibility index (Phi) is 7.16. The summed E-state index contributed by atoms with van der Waals surface area (Å²) in [5.74, 6) is 2.77. The van der Waals surface area contributed by atoms with E-state index in [4.69, 9.17) is 4.74 Å². The van der Waals surface area contributed by atoms with Crippen LogP contribution < -0.4 is 5.32 Å². The zero-order chi connectivity index (χ0) is 25.4. The molecule has 1 unspecified atom stereocenters. The summed E-state index contributed by atoms with van der Waals surface area (Å²) in [6.07, 6.45) is 7.90. The van der Waals surface area contributed by atoms with Crippen LogP contribution >= 0.6 is 11.8 Å². The van der Waals surface area contributed by atoms with Gasteiger partial charge in [-0.25, -0.2) is 0 Å². The molecule has 7 nitrogen and oxygen atoms in total. The van der Waals surface area contributed by atoms with Crippen molar-refractivity contribution in [3.05, 3.63) is 35.2 Å². The Balaban J connectivity index is 1.42. The van der Waals surface area contributed by atoms with Gasteiger partial charge in [-0.3, -0.25) is 14.2 Å². The van der Waals surface area contributed by atoms with Crippen LogP contribution in [0.3, 0.4) is 0 Å². The lowest BCUT2D eigenvalue weighted by Crippen LogP contribution is -2.53. The normalized spacial score (nSPS) is 27.2. The third-order valence-corrected chi connectivity index (χ3v) is 9.47. The summed E-state index contributed by atoms with van der Waals surface area (Å²) >= 11 is 1.35. The summed E-state index contributed by atoms with van der Waals surface area (Å²) in [7, 11) is 0. The number of hydrogen-bond acceptors (Lipinski definition) is 6. The number of hydrogen-bond donors (Lipinski definition) is 1. The zero-order valence-electron chi connectivity index (χ0n) is 21.9. The molecule has 4 aliphatic carbocycles. The Bertz CT molecular complexity index is 1110. The number of amides is 1. The average Bonchev–Trinajstić information content (AvgIpc) is 3.23. The lowest BCUT2D eigenvalue weighted by atomic mass is 9.49. The maximum absolute atomic E-state index is 13.6. The van der Waals surface area contributed by atoms with Crippen molar-refractivity contribution in [3.8, 4) is 5.69 Å². The van der Waals surface area contributed by atoms with E-state index in [9.17, 15) is 9.59 Å². The van der Waals surface area contributed by atoms with Gasteiger partial charge >= 0.3 is 5.97 Å². The number of carbonyl (C=O) groups is 2. The third kappa shape index (κ3) is 4.69. The lowest BCUT2D eigenvalue weighted by molar-refractivity contribution is -0.146. The van der Waals surface area contributed by atoms with E-state index in [1.165, 1.54) is 36.6 Å². The highest BCUT2D eigenvalue weighted by molar-refractivity contribution is 8.00. The highest BCUT2D eigenvalue weighted by Crippen LogP contribution is 2.60. The second-order valence-electron chi connectivity index (χ2n) is 11.1. The van der Waals surface area contributed by atoms with Crippen molar-refractivity contribution in [3.63, 3.8) is 0 Å². The summed E-state index contributed by atoms with van der Waals surface area (Å²) < 4.78 is 7.25. The Morgan fingerprint density at radius 3 is 2.42 bits per heavy atom. The molecule has 2 aromatic rings. The lowest BCUT2D eigenvalue weighted by Gasteiger charge is -2.55. The maximum atomic E-state index is 13.6. The Labute approximate surface area is 218 Å². The Hall–Kier alpha value is -2.35. The van der Waals surface area contributed by atoms with Gasteiger partial charge in [-0.05, 0) is 94.6 Å². The van der Waals surface area contributed by atoms with Gasteiger partial charge in [0.2, 0.25) is 5.91 Å². The summed E-state index contributed by atoms with van der Waals surface area (Å²) in [5, 5.41) is 12.5. The van der Waals surface area contributed by atoms with Crippen LogP contribution in [0, 0.1) is 30.1 Å².